The number of nitrogens with two attached hydrogens (primary N) is 1. The third-order valence-electron chi connectivity index (χ3n) is 2.55. The van der Waals surface area contributed by atoms with E-state index >= 15 is 0 Å². The van der Waals surface area contributed by atoms with Gasteiger partial charge in [-0.25, -0.2) is 0 Å². The Balaban J connectivity index is 2.58. The van der Waals surface area contributed by atoms with Crippen molar-refractivity contribution < 1.29 is 0 Å². The van der Waals surface area contributed by atoms with Crippen LogP contribution < -0.4 is 5.73 Å². The van der Waals surface area contributed by atoms with E-state index < -0.39 is 0 Å². The van der Waals surface area contributed by atoms with Crippen molar-refractivity contribution in [1.29, 1.82) is 0 Å². The SMILES string of the molecule is C#CCn1cc(CCN)c2ccccc21. The molecule has 2 nitrogen and oxygen atoms in total. The van der Waals surface area contributed by atoms with E-state index in [1.807, 2.05) is 12.1 Å². The fourth-order valence-electron chi connectivity index (χ4n) is 1.91. The molecule has 0 aliphatic carbocycles. The van der Waals surface area contributed by atoms with Crippen LogP contribution in [0.2, 0.25) is 0 Å². The second-order valence-corrected chi connectivity index (χ2v) is 3.54. The summed E-state index contributed by atoms with van der Waals surface area (Å²) in [4.78, 5) is 0. The van der Waals surface area contributed by atoms with E-state index in [0.717, 1.165) is 6.42 Å². The number of fused-ring (bicyclic) bond motifs is 1. The highest BCUT2D eigenvalue weighted by molar-refractivity contribution is 5.84. The molecule has 0 radical (unpaired) electrons. The molecule has 2 aromatic rings. The molecule has 1 heterocycles. The zero-order valence-electron chi connectivity index (χ0n) is 8.61. The molecule has 0 saturated carbocycles. The van der Waals surface area contributed by atoms with Crippen molar-refractivity contribution in [3.63, 3.8) is 0 Å². The molecule has 0 saturated heterocycles. The molecule has 0 spiro atoms. The molecule has 1 aromatic heterocycles. The Labute approximate surface area is 89.7 Å². The van der Waals surface area contributed by atoms with Gasteiger partial charge >= 0.3 is 0 Å². The van der Waals surface area contributed by atoms with Gasteiger partial charge < -0.3 is 10.3 Å². The van der Waals surface area contributed by atoms with Crippen LogP contribution in [0.15, 0.2) is 30.5 Å². The number of rotatable bonds is 3. The van der Waals surface area contributed by atoms with Gasteiger partial charge in [-0.05, 0) is 24.6 Å². The lowest BCUT2D eigenvalue weighted by molar-refractivity contribution is 0.871. The number of hydrogen-bond donors (Lipinski definition) is 1. The number of nitrogens with zero attached hydrogens (tertiary/aromatic N) is 1. The third kappa shape index (κ3) is 1.74. The molecule has 76 valence electrons. The Morgan fingerprint density at radius 1 is 1.33 bits per heavy atom. The van der Waals surface area contributed by atoms with Crippen LogP contribution in [0.4, 0.5) is 0 Å². The molecule has 2 N–H and O–H groups in total. The zero-order valence-corrected chi connectivity index (χ0v) is 8.61. The molecular weight excluding hydrogens is 184 g/mol. The average molecular weight is 198 g/mol. The lowest BCUT2D eigenvalue weighted by atomic mass is 10.1. The van der Waals surface area contributed by atoms with Gasteiger partial charge in [0, 0.05) is 17.1 Å². The van der Waals surface area contributed by atoms with Gasteiger partial charge in [0.15, 0.2) is 0 Å². The molecule has 2 rings (SSSR count). The standard InChI is InChI=1S/C13H14N2/c1-2-9-15-10-11(7-8-14)12-5-3-4-6-13(12)15/h1,3-6,10H,7-9,14H2. The van der Waals surface area contributed by atoms with E-state index in [1.54, 1.807) is 0 Å². The van der Waals surface area contributed by atoms with Crippen LogP contribution >= 0.6 is 0 Å². The van der Waals surface area contributed by atoms with Crippen LogP contribution in [-0.4, -0.2) is 11.1 Å². The summed E-state index contributed by atoms with van der Waals surface area (Å²) in [6, 6.07) is 8.28. The van der Waals surface area contributed by atoms with Crippen LogP contribution in [0.1, 0.15) is 5.56 Å². The van der Waals surface area contributed by atoms with E-state index in [4.69, 9.17) is 12.2 Å². The van der Waals surface area contributed by atoms with Gasteiger partial charge in [0.1, 0.15) is 0 Å². The fourth-order valence-corrected chi connectivity index (χ4v) is 1.91. The molecule has 0 bridgehead atoms. The van der Waals surface area contributed by atoms with Gasteiger partial charge in [-0.15, -0.1) is 6.42 Å². The van der Waals surface area contributed by atoms with Crippen LogP contribution in [-0.2, 0) is 13.0 Å². The minimum absolute atomic E-state index is 0.616. The van der Waals surface area contributed by atoms with E-state index in [2.05, 4.69) is 28.8 Å². The Bertz CT molecular complexity index is 503. The van der Waals surface area contributed by atoms with E-state index in [1.165, 1.54) is 16.5 Å². The van der Waals surface area contributed by atoms with Crippen molar-refractivity contribution in [2.75, 3.05) is 6.54 Å². The van der Waals surface area contributed by atoms with Crippen molar-refractivity contribution in [1.82, 2.24) is 4.57 Å². The Hall–Kier alpha value is -1.72. The second-order valence-electron chi connectivity index (χ2n) is 3.54. The third-order valence-corrected chi connectivity index (χ3v) is 2.55. The predicted molar refractivity (Wildman–Crippen MR) is 63.5 cm³/mol. The number of para-hydroxylation sites is 1. The summed E-state index contributed by atoms with van der Waals surface area (Å²) >= 11 is 0. The van der Waals surface area contributed by atoms with Crippen LogP contribution in [0.3, 0.4) is 0 Å². The average Bonchev–Trinajstić information content (AvgIpc) is 2.59. The lowest BCUT2D eigenvalue weighted by Crippen LogP contribution is -2.02. The first-order chi connectivity index (χ1) is 7.36. The molecule has 0 aliphatic heterocycles. The van der Waals surface area contributed by atoms with E-state index in [-0.39, 0.29) is 0 Å². The number of terminal acetylenes is 1. The van der Waals surface area contributed by atoms with E-state index in [9.17, 15) is 0 Å². The highest BCUT2D eigenvalue weighted by Crippen LogP contribution is 2.21. The molecule has 0 unspecified atom stereocenters. The van der Waals surface area contributed by atoms with Crippen LogP contribution in [0.25, 0.3) is 10.9 Å². The van der Waals surface area contributed by atoms with Crippen molar-refractivity contribution in [3.8, 4) is 12.3 Å². The Morgan fingerprint density at radius 3 is 2.87 bits per heavy atom. The first-order valence-corrected chi connectivity index (χ1v) is 5.07. The molecule has 0 atom stereocenters. The Morgan fingerprint density at radius 2 is 2.13 bits per heavy atom. The maximum atomic E-state index is 5.59. The lowest BCUT2D eigenvalue weighted by Gasteiger charge is -1.97. The smallest absolute Gasteiger partial charge is 0.0835 e. The van der Waals surface area contributed by atoms with Crippen molar-refractivity contribution in [2.45, 2.75) is 13.0 Å². The monoisotopic (exact) mass is 198 g/mol. The minimum atomic E-state index is 0.616. The first kappa shape index (κ1) is 9.82. The highest BCUT2D eigenvalue weighted by atomic mass is 14.9. The Kier molecular flexibility index (Phi) is 2.75. The summed E-state index contributed by atoms with van der Waals surface area (Å²) in [5.74, 6) is 2.66. The van der Waals surface area contributed by atoms with Gasteiger partial charge in [-0.2, -0.15) is 0 Å². The summed E-state index contributed by atoms with van der Waals surface area (Å²) in [7, 11) is 0. The summed E-state index contributed by atoms with van der Waals surface area (Å²) in [6.45, 7) is 1.29. The largest absolute Gasteiger partial charge is 0.336 e. The van der Waals surface area contributed by atoms with Crippen molar-refractivity contribution in [3.05, 3.63) is 36.0 Å². The van der Waals surface area contributed by atoms with Gasteiger partial charge in [0.25, 0.3) is 0 Å². The van der Waals surface area contributed by atoms with E-state index in [0.29, 0.717) is 13.1 Å². The summed E-state index contributed by atoms with van der Waals surface area (Å²) < 4.78 is 2.10. The zero-order chi connectivity index (χ0) is 10.7. The van der Waals surface area contributed by atoms with Crippen LogP contribution in [0, 0.1) is 12.3 Å². The number of hydrogen-bond acceptors (Lipinski definition) is 1. The van der Waals surface area contributed by atoms with Gasteiger partial charge in [0.2, 0.25) is 0 Å². The first-order valence-electron chi connectivity index (χ1n) is 5.07. The van der Waals surface area contributed by atoms with Crippen molar-refractivity contribution in [2.24, 2.45) is 5.73 Å². The molecule has 0 fully saturated rings. The maximum absolute atomic E-state index is 5.59. The second kappa shape index (κ2) is 4.20. The molecule has 1 aromatic carbocycles. The van der Waals surface area contributed by atoms with Gasteiger partial charge in [-0.3, -0.25) is 0 Å². The quantitative estimate of drug-likeness (QED) is 0.749. The predicted octanol–water partition coefficient (Wildman–Crippen LogP) is 1.78. The van der Waals surface area contributed by atoms with Gasteiger partial charge in [0.05, 0.1) is 6.54 Å². The van der Waals surface area contributed by atoms with Gasteiger partial charge in [-0.1, -0.05) is 24.1 Å². The highest BCUT2D eigenvalue weighted by Gasteiger charge is 2.05. The summed E-state index contributed by atoms with van der Waals surface area (Å²) in [5.41, 5.74) is 8.06. The maximum Gasteiger partial charge on any atom is 0.0835 e. The number of aromatic nitrogens is 1. The topological polar surface area (TPSA) is 30.9 Å². The van der Waals surface area contributed by atoms with Crippen LogP contribution in [0.5, 0.6) is 0 Å². The molecule has 2 heteroatoms. The summed E-state index contributed by atoms with van der Waals surface area (Å²) in [5, 5.41) is 1.26. The molecule has 0 amide bonds. The normalized spacial score (nSPS) is 10.4. The minimum Gasteiger partial charge on any atom is -0.336 e. The summed E-state index contributed by atoms with van der Waals surface area (Å²) in [6.07, 6.45) is 8.35. The number of benzene rings is 1. The molecular formula is C13H14N2. The fraction of sp³-hybridized carbons (Fsp3) is 0.231. The molecule has 15 heavy (non-hydrogen) atoms. The molecule has 0 aliphatic rings. The van der Waals surface area contributed by atoms with Crippen molar-refractivity contribution >= 4 is 10.9 Å².